The minimum atomic E-state index is -3.13. The molecule has 0 radical (unpaired) electrons. The molecule has 1 unspecified atom stereocenters. The maximum Gasteiger partial charge on any atom is 0.305 e. The topological polar surface area (TPSA) is 72.5 Å². The Morgan fingerprint density at radius 1 is 1.03 bits per heavy atom. The van der Waals surface area contributed by atoms with Crippen molar-refractivity contribution in [2.24, 2.45) is 46.3 Å². The molecule has 4 aliphatic carbocycles. The second-order valence-corrected chi connectivity index (χ2v) is 14.5. The van der Waals surface area contributed by atoms with E-state index < -0.39 is 10.0 Å². The van der Waals surface area contributed by atoms with Crippen molar-refractivity contribution >= 4 is 16.0 Å². The lowest BCUT2D eigenvalue weighted by molar-refractivity contribution is -0.140. The fourth-order valence-corrected chi connectivity index (χ4v) is 10.3. The zero-order valence-corrected chi connectivity index (χ0v) is 22.4. The number of hydrogen-bond donors (Lipinski definition) is 1. The summed E-state index contributed by atoms with van der Waals surface area (Å²) in [5.74, 6) is 4.52. The highest BCUT2D eigenvalue weighted by atomic mass is 32.2. The van der Waals surface area contributed by atoms with Crippen LogP contribution in [0.3, 0.4) is 0 Å². The molecule has 1 N–H and O–H groups in total. The van der Waals surface area contributed by atoms with Gasteiger partial charge in [-0.25, -0.2) is 13.1 Å². The molecule has 4 saturated carbocycles. The van der Waals surface area contributed by atoms with Crippen molar-refractivity contribution in [3.63, 3.8) is 0 Å². The molecular weight excluding hydrogens is 434 g/mol. The third-order valence-electron chi connectivity index (χ3n) is 11.1. The summed E-state index contributed by atoms with van der Waals surface area (Å²) in [4.78, 5) is 11.5. The summed E-state index contributed by atoms with van der Waals surface area (Å²) in [6.45, 7) is 7.58. The second-order valence-electron chi connectivity index (χ2n) is 12.7. The number of rotatable bonds is 7. The Bertz CT molecular complexity index is 828. The number of ether oxygens (including phenoxy) is 1. The van der Waals surface area contributed by atoms with Gasteiger partial charge < -0.3 is 4.74 Å². The molecule has 4 rings (SSSR count). The summed E-state index contributed by atoms with van der Waals surface area (Å²) in [5, 5.41) is 0. The van der Waals surface area contributed by atoms with Crippen LogP contribution < -0.4 is 4.72 Å². The van der Waals surface area contributed by atoms with Crippen LogP contribution in [-0.4, -0.2) is 33.8 Å². The molecule has 33 heavy (non-hydrogen) atoms. The number of fused-ring (bicyclic) bond motifs is 5. The largest absolute Gasteiger partial charge is 0.469 e. The Hall–Kier alpha value is -0.620. The quantitative estimate of drug-likeness (QED) is 0.484. The van der Waals surface area contributed by atoms with Crippen LogP contribution in [0.15, 0.2) is 0 Å². The lowest BCUT2D eigenvalue weighted by Crippen LogP contribution is -2.55. The molecule has 0 amide bonds. The van der Waals surface area contributed by atoms with Gasteiger partial charge in [-0.05, 0) is 117 Å². The van der Waals surface area contributed by atoms with Crippen molar-refractivity contribution < 1.29 is 17.9 Å². The molecule has 9 atom stereocenters. The normalized spacial score (nSPS) is 43.8. The molecular formula is C27H47NO4S. The highest BCUT2D eigenvalue weighted by molar-refractivity contribution is 7.88. The van der Waals surface area contributed by atoms with Gasteiger partial charge in [-0.3, -0.25) is 4.79 Å². The van der Waals surface area contributed by atoms with Gasteiger partial charge in [0, 0.05) is 12.5 Å². The minimum Gasteiger partial charge on any atom is -0.469 e. The number of carbonyl (C=O) groups excluding carboxylic acids is 1. The van der Waals surface area contributed by atoms with Crippen molar-refractivity contribution in [1.29, 1.82) is 0 Å². The van der Waals surface area contributed by atoms with Gasteiger partial charge in [0.1, 0.15) is 0 Å². The average molecular weight is 482 g/mol. The molecule has 5 nitrogen and oxygen atoms in total. The van der Waals surface area contributed by atoms with E-state index in [0.717, 1.165) is 49.4 Å². The van der Waals surface area contributed by atoms with Gasteiger partial charge in [0.15, 0.2) is 0 Å². The zero-order valence-electron chi connectivity index (χ0n) is 21.6. The van der Waals surface area contributed by atoms with Crippen LogP contribution >= 0.6 is 0 Å². The smallest absolute Gasteiger partial charge is 0.305 e. The predicted octanol–water partition coefficient (Wildman–Crippen LogP) is 5.54. The van der Waals surface area contributed by atoms with E-state index in [1.54, 1.807) is 0 Å². The van der Waals surface area contributed by atoms with Gasteiger partial charge in [-0.2, -0.15) is 0 Å². The van der Waals surface area contributed by atoms with E-state index in [0.29, 0.717) is 29.1 Å². The fraction of sp³-hybridized carbons (Fsp3) is 0.963. The van der Waals surface area contributed by atoms with Gasteiger partial charge in [0.05, 0.1) is 13.4 Å². The molecule has 4 fully saturated rings. The van der Waals surface area contributed by atoms with Crippen LogP contribution in [-0.2, 0) is 19.6 Å². The molecule has 0 bridgehead atoms. The average Bonchev–Trinajstić information content (AvgIpc) is 3.10. The molecule has 0 saturated heterocycles. The van der Waals surface area contributed by atoms with Gasteiger partial charge in [-0.15, -0.1) is 0 Å². The highest BCUT2D eigenvalue weighted by Gasteiger charge is 2.60. The summed E-state index contributed by atoms with van der Waals surface area (Å²) >= 11 is 0. The van der Waals surface area contributed by atoms with E-state index in [4.69, 9.17) is 4.74 Å². The standard InChI is InChI=1S/C27H47NO4S/c1-18(7-6-8-25(29)32-4)22-11-12-23-21-10-9-19-17-20(28-33(5,30)31)13-15-26(19,2)24(21)14-16-27(22,23)3/h18-24,28H,6-17H2,1-5H3/t18-,19+,20?,21+,22-,23+,24+,26+,27-/m1/s1. The summed E-state index contributed by atoms with van der Waals surface area (Å²) in [7, 11) is -1.64. The highest BCUT2D eigenvalue weighted by Crippen LogP contribution is 2.68. The van der Waals surface area contributed by atoms with Crippen LogP contribution in [0, 0.1) is 46.3 Å². The number of methoxy groups -OCH3 is 1. The van der Waals surface area contributed by atoms with Crippen molar-refractivity contribution in [3.05, 3.63) is 0 Å². The maximum atomic E-state index is 11.8. The fourth-order valence-electron chi connectivity index (χ4n) is 9.51. The van der Waals surface area contributed by atoms with Crippen LogP contribution in [0.25, 0.3) is 0 Å². The van der Waals surface area contributed by atoms with Crippen LogP contribution in [0.2, 0.25) is 0 Å². The van der Waals surface area contributed by atoms with E-state index in [9.17, 15) is 13.2 Å². The number of nitrogens with one attached hydrogen (secondary N) is 1. The SMILES string of the molecule is COC(=O)CCC[C@@H](C)[C@H]1CC[C@H]2[C@@H]3CC[C@H]4CC(NS(C)(=O)=O)CC[C@]4(C)[C@H]3CC[C@]12C. The monoisotopic (exact) mass is 481 g/mol. The summed E-state index contributed by atoms with van der Waals surface area (Å²) < 4.78 is 31.3. The summed E-state index contributed by atoms with van der Waals surface area (Å²) in [6, 6.07) is 0.130. The Labute approximate surface area is 202 Å². The van der Waals surface area contributed by atoms with Crippen molar-refractivity contribution in [2.75, 3.05) is 13.4 Å². The third kappa shape index (κ3) is 4.90. The van der Waals surface area contributed by atoms with E-state index in [-0.39, 0.29) is 12.0 Å². The predicted molar refractivity (Wildman–Crippen MR) is 132 cm³/mol. The lowest BCUT2D eigenvalue weighted by atomic mass is 9.44. The zero-order chi connectivity index (χ0) is 24.0. The molecule has 0 aromatic heterocycles. The molecule has 0 spiro atoms. The van der Waals surface area contributed by atoms with Crippen LogP contribution in [0.5, 0.6) is 0 Å². The van der Waals surface area contributed by atoms with E-state index in [1.165, 1.54) is 58.3 Å². The Kier molecular flexibility index (Phi) is 7.29. The van der Waals surface area contributed by atoms with E-state index in [2.05, 4.69) is 25.5 Å². The second kappa shape index (κ2) is 9.44. The molecule has 0 aliphatic heterocycles. The molecule has 0 heterocycles. The number of sulfonamides is 1. The van der Waals surface area contributed by atoms with Gasteiger partial charge in [0.2, 0.25) is 10.0 Å². The first-order chi connectivity index (χ1) is 15.5. The maximum absolute atomic E-state index is 11.8. The van der Waals surface area contributed by atoms with Crippen LogP contribution in [0.4, 0.5) is 0 Å². The number of hydrogen-bond acceptors (Lipinski definition) is 4. The Morgan fingerprint density at radius 3 is 2.42 bits per heavy atom. The Morgan fingerprint density at radius 2 is 1.73 bits per heavy atom. The van der Waals surface area contributed by atoms with Gasteiger partial charge in [0.25, 0.3) is 0 Å². The lowest BCUT2D eigenvalue weighted by Gasteiger charge is -2.61. The molecule has 0 aromatic carbocycles. The summed E-state index contributed by atoms with van der Waals surface area (Å²) in [6.07, 6.45) is 15.1. The first-order valence-corrected chi connectivity index (χ1v) is 15.4. The molecule has 6 heteroatoms. The first-order valence-electron chi connectivity index (χ1n) is 13.5. The molecule has 0 aromatic rings. The van der Waals surface area contributed by atoms with E-state index >= 15 is 0 Å². The minimum absolute atomic E-state index is 0.0790. The van der Waals surface area contributed by atoms with E-state index in [1.807, 2.05) is 0 Å². The number of carbonyl (C=O) groups is 1. The first kappa shape index (κ1) is 25.5. The number of esters is 1. The third-order valence-corrected chi connectivity index (χ3v) is 11.8. The molecule has 4 aliphatic rings. The summed E-state index contributed by atoms with van der Waals surface area (Å²) in [5.41, 5.74) is 0.828. The van der Waals surface area contributed by atoms with Gasteiger partial charge >= 0.3 is 5.97 Å². The molecule has 190 valence electrons. The van der Waals surface area contributed by atoms with Crippen molar-refractivity contribution in [2.45, 2.75) is 104 Å². The van der Waals surface area contributed by atoms with Crippen molar-refractivity contribution in [1.82, 2.24) is 4.72 Å². The van der Waals surface area contributed by atoms with Gasteiger partial charge in [-0.1, -0.05) is 20.8 Å². The van der Waals surface area contributed by atoms with Crippen molar-refractivity contribution in [3.8, 4) is 0 Å². The Balaban J connectivity index is 1.42. The van der Waals surface area contributed by atoms with Crippen LogP contribution in [0.1, 0.15) is 97.8 Å².